The number of nitrogens with one attached hydrogen (secondary N) is 1. The lowest BCUT2D eigenvalue weighted by atomic mass is 10.1. The highest BCUT2D eigenvalue weighted by atomic mass is 16.1. The van der Waals surface area contributed by atoms with Gasteiger partial charge in [0, 0.05) is 37.4 Å². The molecule has 3 N–H and O–H groups in total. The summed E-state index contributed by atoms with van der Waals surface area (Å²) in [4.78, 5) is 25.6. The van der Waals surface area contributed by atoms with Crippen LogP contribution in [0, 0.1) is 0 Å². The van der Waals surface area contributed by atoms with Crippen molar-refractivity contribution in [1.29, 1.82) is 0 Å². The van der Waals surface area contributed by atoms with Crippen LogP contribution in [0.1, 0.15) is 10.5 Å². The zero-order chi connectivity index (χ0) is 19.5. The molecule has 0 aromatic carbocycles. The number of anilines is 2. The first-order chi connectivity index (χ1) is 13.6. The summed E-state index contributed by atoms with van der Waals surface area (Å²) in [5.41, 5.74) is 9.80. The van der Waals surface area contributed by atoms with Crippen molar-refractivity contribution in [1.82, 2.24) is 24.7 Å². The van der Waals surface area contributed by atoms with Crippen LogP contribution in [0.15, 0.2) is 67.3 Å². The van der Waals surface area contributed by atoms with E-state index in [1.54, 1.807) is 54.7 Å². The highest BCUT2D eigenvalue weighted by Crippen LogP contribution is 2.26. The molecular weight excluding hydrogens is 354 g/mol. The summed E-state index contributed by atoms with van der Waals surface area (Å²) < 4.78 is 1.62. The van der Waals surface area contributed by atoms with Crippen molar-refractivity contribution in [3.8, 4) is 22.6 Å². The van der Waals surface area contributed by atoms with Gasteiger partial charge in [0.1, 0.15) is 11.4 Å². The highest BCUT2D eigenvalue weighted by Gasteiger charge is 2.17. The van der Waals surface area contributed by atoms with E-state index in [9.17, 15) is 4.79 Å². The Morgan fingerprint density at radius 2 is 1.96 bits per heavy atom. The number of aromatic nitrogens is 5. The fraction of sp³-hybridized carbons (Fsp3) is 0.0500. The molecule has 0 atom stereocenters. The minimum atomic E-state index is -0.365. The minimum absolute atomic E-state index is 0.240. The molecule has 4 aromatic heterocycles. The van der Waals surface area contributed by atoms with Crippen molar-refractivity contribution in [2.24, 2.45) is 7.05 Å². The van der Waals surface area contributed by atoms with Crippen LogP contribution in [0.4, 0.5) is 11.4 Å². The zero-order valence-corrected chi connectivity index (χ0v) is 15.1. The van der Waals surface area contributed by atoms with E-state index in [4.69, 9.17) is 5.73 Å². The summed E-state index contributed by atoms with van der Waals surface area (Å²) in [5, 5.41) is 7.26. The standard InChI is InChI=1S/C20H17N7O/c1-27-12-17(19(26-27)15-6-2-3-10-23-15)25-20(28)16-8-7-14(21)18(24-16)13-5-4-9-22-11-13/h2-12H,21H2,1H3,(H,25,28). The summed E-state index contributed by atoms with van der Waals surface area (Å²) in [6, 6.07) is 12.4. The predicted molar refractivity (Wildman–Crippen MR) is 106 cm³/mol. The highest BCUT2D eigenvalue weighted by molar-refractivity contribution is 6.05. The lowest BCUT2D eigenvalue weighted by Gasteiger charge is -2.08. The van der Waals surface area contributed by atoms with Crippen LogP contribution < -0.4 is 11.1 Å². The Labute approximate surface area is 161 Å². The number of amides is 1. The molecule has 4 heterocycles. The van der Waals surface area contributed by atoms with Crippen molar-refractivity contribution in [2.45, 2.75) is 0 Å². The van der Waals surface area contributed by atoms with Gasteiger partial charge in [0.25, 0.3) is 5.91 Å². The number of aryl methyl sites for hydroxylation is 1. The molecule has 138 valence electrons. The first kappa shape index (κ1) is 17.3. The molecule has 0 aliphatic heterocycles. The number of hydrogen-bond donors (Lipinski definition) is 2. The molecule has 0 bridgehead atoms. The Hall–Kier alpha value is -4.07. The summed E-state index contributed by atoms with van der Waals surface area (Å²) in [6.45, 7) is 0. The molecule has 0 saturated heterocycles. The molecule has 0 saturated carbocycles. The van der Waals surface area contributed by atoms with Gasteiger partial charge < -0.3 is 11.1 Å². The van der Waals surface area contributed by atoms with E-state index in [0.29, 0.717) is 28.5 Å². The van der Waals surface area contributed by atoms with E-state index in [-0.39, 0.29) is 11.6 Å². The average Bonchev–Trinajstić information content (AvgIpc) is 3.09. The first-order valence-corrected chi connectivity index (χ1v) is 8.55. The number of nitrogens with two attached hydrogens (primary N) is 1. The summed E-state index contributed by atoms with van der Waals surface area (Å²) in [5.74, 6) is -0.365. The van der Waals surface area contributed by atoms with Crippen molar-refractivity contribution in [3.05, 3.63) is 72.9 Å². The maximum atomic E-state index is 12.8. The predicted octanol–water partition coefficient (Wildman–Crippen LogP) is 2.77. The molecule has 0 radical (unpaired) electrons. The van der Waals surface area contributed by atoms with Gasteiger partial charge in [-0.15, -0.1) is 0 Å². The lowest BCUT2D eigenvalue weighted by Crippen LogP contribution is -2.14. The maximum absolute atomic E-state index is 12.8. The van der Waals surface area contributed by atoms with E-state index in [1.807, 2.05) is 24.3 Å². The van der Waals surface area contributed by atoms with Crippen LogP contribution >= 0.6 is 0 Å². The lowest BCUT2D eigenvalue weighted by molar-refractivity contribution is 0.102. The largest absolute Gasteiger partial charge is 0.397 e. The van der Waals surface area contributed by atoms with Gasteiger partial charge in [0.05, 0.1) is 22.8 Å². The van der Waals surface area contributed by atoms with Gasteiger partial charge in [-0.05, 0) is 36.4 Å². The van der Waals surface area contributed by atoms with Crippen molar-refractivity contribution >= 4 is 17.3 Å². The van der Waals surface area contributed by atoms with Gasteiger partial charge >= 0.3 is 0 Å². The normalized spacial score (nSPS) is 10.6. The smallest absolute Gasteiger partial charge is 0.274 e. The van der Waals surface area contributed by atoms with Crippen LogP contribution in [0.2, 0.25) is 0 Å². The number of rotatable bonds is 4. The number of nitrogens with zero attached hydrogens (tertiary/aromatic N) is 5. The zero-order valence-electron chi connectivity index (χ0n) is 15.1. The minimum Gasteiger partial charge on any atom is -0.397 e. The molecule has 0 spiro atoms. The molecule has 0 aliphatic rings. The second kappa shape index (κ2) is 7.28. The molecule has 4 rings (SSSR count). The van der Waals surface area contributed by atoms with E-state index >= 15 is 0 Å². The fourth-order valence-corrected chi connectivity index (χ4v) is 2.79. The third-order valence-corrected chi connectivity index (χ3v) is 4.08. The Kier molecular flexibility index (Phi) is 4.51. The van der Waals surface area contributed by atoms with Crippen LogP contribution in [-0.2, 0) is 7.05 Å². The third-order valence-electron chi connectivity index (χ3n) is 4.08. The van der Waals surface area contributed by atoms with E-state index in [1.165, 1.54) is 0 Å². The van der Waals surface area contributed by atoms with Crippen LogP contribution in [-0.4, -0.2) is 30.6 Å². The van der Waals surface area contributed by atoms with Gasteiger partial charge in [-0.1, -0.05) is 6.07 Å². The average molecular weight is 371 g/mol. The molecule has 0 fully saturated rings. The Morgan fingerprint density at radius 1 is 1.07 bits per heavy atom. The molecule has 8 heteroatoms. The van der Waals surface area contributed by atoms with Gasteiger partial charge in [-0.2, -0.15) is 5.10 Å². The molecule has 8 nitrogen and oxygen atoms in total. The first-order valence-electron chi connectivity index (χ1n) is 8.55. The number of nitrogen functional groups attached to an aromatic ring is 1. The number of carbonyl (C=O) groups excluding carboxylic acids is 1. The summed E-state index contributed by atoms with van der Waals surface area (Å²) >= 11 is 0. The Morgan fingerprint density at radius 3 is 2.71 bits per heavy atom. The SMILES string of the molecule is Cn1cc(NC(=O)c2ccc(N)c(-c3cccnc3)n2)c(-c2ccccn2)n1. The summed E-state index contributed by atoms with van der Waals surface area (Å²) in [7, 11) is 1.78. The Bertz CT molecular complexity index is 1120. The number of carbonyl (C=O) groups is 1. The van der Waals surface area contributed by atoms with Crippen LogP contribution in [0.25, 0.3) is 22.6 Å². The van der Waals surface area contributed by atoms with Crippen molar-refractivity contribution < 1.29 is 4.79 Å². The van der Waals surface area contributed by atoms with Gasteiger partial charge in [0.15, 0.2) is 0 Å². The van der Waals surface area contributed by atoms with Gasteiger partial charge in [-0.3, -0.25) is 19.4 Å². The van der Waals surface area contributed by atoms with E-state index in [2.05, 4.69) is 25.4 Å². The number of pyridine rings is 3. The number of hydrogen-bond acceptors (Lipinski definition) is 6. The molecule has 4 aromatic rings. The van der Waals surface area contributed by atoms with E-state index < -0.39 is 0 Å². The molecule has 28 heavy (non-hydrogen) atoms. The topological polar surface area (TPSA) is 112 Å². The van der Waals surface area contributed by atoms with Crippen LogP contribution in [0.3, 0.4) is 0 Å². The molecular formula is C20H17N7O. The third kappa shape index (κ3) is 3.43. The maximum Gasteiger partial charge on any atom is 0.274 e. The molecule has 0 unspecified atom stereocenters. The summed E-state index contributed by atoms with van der Waals surface area (Å²) in [6.07, 6.45) is 6.72. The van der Waals surface area contributed by atoms with Gasteiger partial charge in [0.2, 0.25) is 0 Å². The molecule has 1 amide bonds. The Balaban J connectivity index is 1.66. The second-order valence-electron chi connectivity index (χ2n) is 6.11. The monoisotopic (exact) mass is 371 g/mol. The quantitative estimate of drug-likeness (QED) is 0.570. The van der Waals surface area contributed by atoms with Crippen molar-refractivity contribution in [2.75, 3.05) is 11.1 Å². The van der Waals surface area contributed by atoms with Crippen molar-refractivity contribution in [3.63, 3.8) is 0 Å². The van der Waals surface area contributed by atoms with Crippen LogP contribution in [0.5, 0.6) is 0 Å². The van der Waals surface area contributed by atoms with Gasteiger partial charge in [-0.25, -0.2) is 4.98 Å². The molecule has 0 aliphatic carbocycles. The van der Waals surface area contributed by atoms with E-state index in [0.717, 1.165) is 5.56 Å². The second-order valence-corrected chi connectivity index (χ2v) is 6.11. The fourth-order valence-electron chi connectivity index (χ4n) is 2.79.